The molecule has 0 bridgehead atoms. The Labute approximate surface area is 444 Å². The molecule has 9 amide bonds. The highest BCUT2D eigenvalue weighted by molar-refractivity contribution is 5.99. The van der Waals surface area contributed by atoms with Gasteiger partial charge >= 0.3 is 11.9 Å². The Morgan fingerprint density at radius 1 is 0.658 bits per heavy atom. The number of hydrogen-bond donors (Lipinski definition) is 13. The molecule has 1 aliphatic rings. The molecule has 76 heavy (non-hydrogen) atoms. The van der Waals surface area contributed by atoms with E-state index in [1.165, 1.54) is 29.2 Å². The van der Waals surface area contributed by atoms with Crippen molar-refractivity contribution in [3.8, 4) is 5.75 Å². The zero-order valence-corrected chi connectivity index (χ0v) is 45.0. The average Bonchev–Trinajstić information content (AvgIpc) is 3.84. The number of hydrogen-bond acceptors (Lipinski definition) is 14. The summed E-state index contributed by atoms with van der Waals surface area (Å²) in [6.45, 7) is 13.8. The lowest BCUT2D eigenvalue weighted by molar-refractivity contribution is -0.144. The van der Waals surface area contributed by atoms with Crippen molar-refractivity contribution in [2.24, 2.45) is 40.9 Å². The van der Waals surface area contributed by atoms with Crippen molar-refractivity contribution >= 4 is 65.1 Å². The molecule has 1 fully saturated rings. The summed E-state index contributed by atoms with van der Waals surface area (Å²) in [6.07, 6.45) is 0.133. The molecule has 0 unspecified atom stereocenters. The molecule has 25 nitrogen and oxygen atoms in total. The Balaban J connectivity index is 2.47. The van der Waals surface area contributed by atoms with Crippen LogP contribution in [0, 0.1) is 23.7 Å². The van der Waals surface area contributed by atoms with Crippen LogP contribution in [0.15, 0.2) is 24.3 Å². The van der Waals surface area contributed by atoms with Gasteiger partial charge in [0, 0.05) is 19.4 Å². The number of unbranched alkanes of at least 4 members (excludes halogenated alkanes) is 1. The van der Waals surface area contributed by atoms with E-state index in [4.69, 9.17) is 17.2 Å². The zero-order chi connectivity index (χ0) is 57.6. The quantitative estimate of drug-likeness (QED) is 0.0376. The smallest absolute Gasteiger partial charge is 0.326 e. The number of benzene rings is 1. The van der Waals surface area contributed by atoms with E-state index in [9.17, 15) is 68.1 Å². The van der Waals surface area contributed by atoms with Crippen molar-refractivity contribution in [3.05, 3.63) is 29.8 Å². The maximum absolute atomic E-state index is 14.5. The van der Waals surface area contributed by atoms with Crippen molar-refractivity contribution in [1.29, 1.82) is 0 Å². The lowest BCUT2D eigenvalue weighted by Gasteiger charge is -2.32. The van der Waals surface area contributed by atoms with Crippen LogP contribution in [0.2, 0.25) is 0 Å². The van der Waals surface area contributed by atoms with E-state index in [0.717, 1.165) is 0 Å². The average molecular weight is 1070 g/mol. The summed E-state index contributed by atoms with van der Waals surface area (Å²) in [5.41, 5.74) is 17.2. The molecule has 1 aliphatic heterocycles. The Morgan fingerprint density at radius 2 is 1.20 bits per heavy atom. The van der Waals surface area contributed by atoms with Crippen LogP contribution in [0.3, 0.4) is 0 Å². The van der Waals surface area contributed by atoms with Gasteiger partial charge < -0.3 is 74.6 Å². The van der Waals surface area contributed by atoms with Gasteiger partial charge in [-0.2, -0.15) is 0 Å². The minimum Gasteiger partial charge on any atom is -0.508 e. The molecular formula is C51H83N11O14. The maximum Gasteiger partial charge on any atom is 0.326 e. The van der Waals surface area contributed by atoms with Gasteiger partial charge in [0.1, 0.15) is 54.1 Å². The fourth-order valence-electron chi connectivity index (χ4n) is 8.46. The zero-order valence-electron chi connectivity index (χ0n) is 45.0. The van der Waals surface area contributed by atoms with E-state index in [1.807, 2.05) is 0 Å². The van der Waals surface area contributed by atoms with E-state index in [2.05, 4.69) is 37.2 Å². The van der Waals surface area contributed by atoms with Gasteiger partial charge in [-0.05, 0) is 92.9 Å². The van der Waals surface area contributed by atoms with Crippen LogP contribution >= 0.6 is 0 Å². The number of phenols is 1. The molecule has 16 N–H and O–H groups in total. The first kappa shape index (κ1) is 65.2. The molecule has 0 saturated carbocycles. The molecule has 0 radical (unpaired) electrons. The third-order valence-electron chi connectivity index (χ3n) is 13.1. The number of carbonyl (C=O) groups is 11. The molecule has 0 aliphatic carbocycles. The first-order valence-electron chi connectivity index (χ1n) is 26.0. The highest BCUT2D eigenvalue weighted by Gasteiger charge is 2.41. The number of phenolic OH excluding ortho intramolecular Hbond substituents is 1. The number of rotatable bonds is 33. The van der Waals surface area contributed by atoms with Crippen molar-refractivity contribution in [2.45, 2.75) is 180 Å². The first-order chi connectivity index (χ1) is 35.6. The van der Waals surface area contributed by atoms with Crippen molar-refractivity contribution in [2.75, 3.05) is 13.1 Å². The molecule has 2 rings (SSSR count). The predicted octanol–water partition coefficient (Wildman–Crippen LogP) is -0.995. The molecule has 1 aromatic rings. The number of carbonyl (C=O) groups excluding carboxylic acids is 9. The second-order valence-electron chi connectivity index (χ2n) is 20.6. The first-order valence-corrected chi connectivity index (χ1v) is 26.0. The molecule has 1 aromatic carbocycles. The van der Waals surface area contributed by atoms with Crippen LogP contribution in [0.1, 0.15) is 125 Å². The summed E-state index contributed by atoms with van der Waals surface area (Å²) in [4.78, 5) is 148. The summed E-state index contributed by atoms with van der Waals surface area (Å²) >= 11 is 0. The largest absolute Gasteiger partial charge is 0.508 e. The van der Waals surface area contributed by atoms with Crippen molar-refractivity contribution in [1.82, 2.24) is 42.1 Å². The SMILES string of the molecule is CC[C@H](C)[C@H](NC(=O)[C@@H](N)CC(N)=O)C(=O)N[C@@H](CC(C)C)C(=O)N[C@@H](CCC(=O)O)C(=O)N1CCC[C@H]1C(=O)N[C@@H](Cc1ccc(O)cc1)C(=O)N[C@H](C(=O)N[C@@H](CCCCN)C(=O)N[C@H](C(=O)O)C(C)C)C(C)C. The summed E-state index contributed by atoms with van der Waals surface area (Å²) in [7, 11) is 0. The number of carboxylic acid groups (broad SMARTS) is 2. The van der Waals surface area contributed by atoms with Crippen LogP contribution < -0.4 is 54.4 Å². The highest BCUT2D eigenvalue weighted by atomic mass is 16.4. The number of nitrogens with two attached hydrogens (primary N) is 3. The Hall–Kier alpha value is -6.89. The standard InChI is InChI=1S/C51H83N11O14/c1-9-29(8)42(61-43(67)32(53)25-38(54)64)49(73)58-35(23-26(2)3)45(69)56-34(19-20-39(65)66)50(74)62-22-12-14-37(62)47(71)57-36(24-30-15-17-31(63)18-16-30)46(70)59-40(27(4)5)48(72)55-33(13-10-11-21-52)44(68)60-41(28(6)7)51(75)76/h15-18,26-29,32-37,40-42,63H,9-14,19-25,52-53H2,1-8H3,(H2,54,64)(H,55,72)(H,56,69)(H,57,71)(H,58,73)(H,59,70)(H,60,68)(H,61,67)(H,65,66)(H,75,76)/t29-,32-,33-,34-,35-,36-,37-,40-,41-,42-/m0/s1. The molecular weight excluding hydrogens is 991 g/mol. The van der Waals surface area contributed by atoms with E-state index < -0.39 is 156 Å². The molecule has 0 aromatic heterocycles. The molecule has 25 heteroatoms. The molecule has 1 heterocycles. The third kappa shape index (κ3) is 21.4. The van der Waals surface area contributed by atoms with E-state index in [-0.39, 0.29) is 50.3 Å². The van der Waals surface area contributed by atoms with Gasteiger partial charge in [-0.25, -0.2) is 4.79 Å². The molecule has 0 spiro atoms. The number of nitrogens with zero attached hydrogens (tertiary/aromatic N) is 1. The Bertz CT molecular complexity index is 2180. The summed E-state index contributed by atoms with van der Waals surface area (Å²) < 4.78 is 0. The number of primary amides is 1. The van der Waals surface area contributed by atoms with Crippen molar-refractivity contribution in [3.63, 3.8) is 0 Å². The van der Waals surface area contributed by atoms with Gasteiger partial charge in [0.25, 0.3) is 0 Å². The fourth-order valence-corrected chi connectivity index (χ4v) is 8.46. The molecule has 1 saturated heterocycles. The summed E-state index contributed by atoms with van der Waals surface area (Å²) in [5.74, 6) is -11.7. The Morgan fingerprint density at radius 3 is 1.74 bits per heavy atom. The van der Waals surface area contributed by atoms with Gasteiger partial charge in [-0.3, -0.25) is 47.9 Å². The van der Waals surface area contributed by atoms with E-state index in [0.29, 0.717) is 31.4 Å². The van der Waals surface area contributed by atoms with Gasteiger partial charge in [-0.1, -0.05) is 73.9 Å². The van der Waals surface area contributed by atoms with Crippen LogP contribution in [-0.4, -0.2) is 153 Å². The fraction of sp³-hybridized carbons (Fsp3) is 0.667. The number of aliphatic carboxylic acids is 2. The van der Waals surface area contributed by atoms with Gasteiger partial charge in [0.2, 0.25) is 53.2 Å². The number of likely N-dealkylation sites (tertiary alicyclic amines) is 1. The van der Waals surface area contributed by atoms with Crippen LogP contribution in [0.4, 0.5) is 0 Å². The van der Waals surface area contributed by atoms with Gasteiger partial charge in [0.15, 0.2) is 0 Å². The lowest BCUT2D eigenvalue weighted by atomic mass is 9.96. The van der Waals surface area contributed by atoms with Gasteiger partial charge in [-0.15, -0.1) is 0 Å². The highest BCUT2D eigenvalue weighted by Crippen LogP contribution is 2.22. The van der Waals surface area contributed by atoms with E-state index in [1.54, 1.807) is 55.4 Å². The minimum atomic E-state index is -1.52. The monoisotopic (exact) mass is 1070 g/mol. The van der Waals surface area contributed by atoms with Crippen LogP contribution in [-0.2, 0) is 59.2 Å². The normalized spacial score (nSPS) is 16.9. The minimum absolute atomic E-state index is 0.00841. The number of aromatic hydroxyl groups is 1. The number of carboxylic acids is 2. The van der Waals surface area contributed by atoms with Gasteiger partial charge in [0.05, 0.1) is 12.5 Å². The Kier molecular flexibility index (Phi) is 27.3. The summed E-state index contributed by atoms with van der Waals surface area (Å²) in [5, 5.41) is 47.7. The predicted molar refractivity (Wildman–Crippen MR) is 278 cm³/mol. The topological polar surface area (TPSA) is 414 Å². The molecule has 426 valence electrons. The number of nitrogens with one attached hydrogen (secondary N) is 7. The third-order valence-corrected chi connectivity index (χ3v) is 13.1. The second-order valence-corrected chi connectivity index (χ2v) is 20.6. The number of amides is 9. The molecule has 10 atom stereocenters. The second kappa shape index (κ2) is 31.9. The summed E-state index contributed by atoms with van der Waals surface area (Å²) in [6, 6.07) is -6.05. The lowest BCUT2D eigenvalue weighted by Crippen LogP contribution is -2.61. The van der Waals surface area contributed by atoms with Crippen molar-refractivity contribution < 1.29 is 68.1 Å². The maximum atomic E-state index is 14.5. The van der Waals surface area contributed by atoms with Crippen LogP contribution in [0.5, 0.6) is 5.75 Å². The van der Waals surface area contributed by atoms with Crippen LogP contribution in [0.25, 0.3) is 0 Å². The van der Waals surface area contributed by atoms with E-state index >= 15 is 0 Å².